The first-order valence-electron chi connectivity index (χ1n) is 14.1. The average Bonchev–Trinajstić information content (AvgIpc) is 3.57. The van der Waals surface area contributed by atoms with Gasteiger partial charge in [-0.05, 0) is 70.1 Å². The summed E-state index contributed by atoms with van der Waals surface area (Å²) in [6.07, 6.45) is 4.66. The highest BCUT2D eigenvalue weighted by Crippen LogP contribution is 2.47. The van der Waals surface area contributed by atoms with Crippen LogP contribution in [0.25, 0.3) is 32.5 Å². The molecule has 0 bridgehead atoms. The molecule has 0 aromatic carbocycles. The van der Waals surface area contributed by atoms with E-state index in [1.165, 1.54) is 22.1 Å². The van der Waals surface area contributed by atoms with E-state index in [-0.39, 0.29) is 11.6 Å². The Bertz CT molecular complexity index is 1760. The van der Waals surface area contributed by atoms with Crippen LogP contribution in [-0.2, 0) is 17.4 Å². The topological polar surface area (TPSA) is 90.9 Å². The van der Waals surface area contributed by atoms with Crippen LogP contribution in [0, 0.1) is 25.5 Å². The average molecular weight is 538 g/mol. The van der Waals surface area contributed by atoms with Crippen LogP contribution in [0.2, 0.25) is 0 Å². The van der Waals surface area contributed by atoms with Crippen molar-refractivity contribution in [2.45, 2.75) is 52.1 Å². The Balaban J connectivity index is 1.72. The quantitative estimate of drug-likeness (QED) is 0.321. The summed E-state index contributed by atoms with van der Waals surface area (Å²) in [6, 6.07) is 4.40. The van der Waals surface area contributed by atoms with Crippen molar-refractivity contribution in [2.24, 2.45) is 13.0 Å². The number of aromatic nitrogens is 6. The Kier molecular flexibility index (Phi) is 5.26. The summed E-state index contributed by atoms with van der Waals surface area (Å²) in [5.41, 5.74) is 3.14. The normalized spacial score (nSPS) is 17.6. The number of aryl methyl sites for hydroxylation is 3. The van der Waals surface area contributed by atoms with Gasteiger partial charge in [-0.2, -0.15) is 0 Å². The molecule has 0 amide bonds. The maximum atomic E-state index is 15.6. The standard InChI is InChI=1S/C28H31FN6O2S/c1-15-23-26(38-27(15)28(3,4)36)22-20(13-18(14-31-22)24-16(2)32-33-34(24)5)35(23)25(17-8-11-37-12-9-17)21-19(29)7-6-10-30-21/h6-7,10,13-14,17,25,36H,8-9,11-12H2,1-5H3/i2D3. The predicted octanol–water partition coefficient (Wildman–Crippen LogP) is 5.44. The van der Waals surface area contributed by atoms with Crippen molar-refractivity contribution in [3.05, 3.63) is 58.2 Å². The molecule has 6 rings (SSSR count). The monoisotopic (exact) mass is 537 g/mol. The van der Waals surface area contributed by atoms with Crippen LogP contribution in [0.3, 0.4) is 0 Å². The lowest BCUT2D eigenvalue weighted by Crippen LogP contribution is -2.28. The lowest BCUT2D eigenvalue weighted by atomic mass is 9.88. The third-order valence-electron chi connectivity index (χ3n) is 7.41. The highest BCUT2D eigenvalue weighted by Gasteiger charge is 2.35. The maximum Gasteiger partial charge on any atom is 0.146 e. The Morgan fingerprint density at radius 3 is 2.79 bits per heavy atom. The lowest BCUT2D eigenvalue weighted by Gasteiger charge is -2.32. The van der Waals surface area contributed by atoms with E-state index in [0.717, 1.165) is 20.7 Å². The van der Waals surface area contributed by atoms with Crippen LogP contribution in [0.1, 0.15) is 58.7 Å². The third kappa shape index (κ3) is 3.93. The minimum Gasteiger partial charge on any atom is -0.385 e. The summed E-state index contributed by atoms with van der Waals surface area (Å²) >= 11 is 1.47. The van der Waals surface area contributed by atoms with Crippen LogP contribution >= 0.6 is 11.3 Å². The molecule has 1 saturated heterocycles. The number of rotatable bonds is 5. The molecule has 8 nitrogen and oxygen atoms in total. The molecule has 1 unspecified atom stereocenters. The molecule has 1 atom stereocenters. The van der Waals surface area contributed by atoms with E-state index < -0.39 is 24.3 Å². The molecule has 1 fully saturated rings. The number of ether oxygens (including phenoxy) is 1. The summed E-state index contributed by atoms with van der Waals surface area (Å²) in [7, 11) is 1.65. The van der Waals surface area contributed by atoms with Gasteiger partial charge in [-0.25, -0.2) is 9.07 Å². The summed E-state index contributed by atoms with van der Waals surface area (Å²) in [4.78, 5) is 10.2. The number of halogens is 1. The zero-order chi connectivity index (χ0) is 29.3. The van der Waals surface area contributed by atoms with Crippen molar-refractivity contribution in [1.82, 2.24) is 29.5 Å². The van der Waals surface area contributed by atoms with E-state index in [9.17, 15) is 5.11 Å². The molecular formula is C28H31FN6O2S. The first-order chi connectivity index (χ1) is 19.4. The number of hydrogen-bond acceptors (Lipinski definition) is 7. The van der Waals surface area contributed by atoms with Crippen molar-refractivity contribution >= 4 is 32.6 Å². The van der Waals surface area contributed by atoms with Crippen LogP contribution < -0.4 is 0 Å². The van der Waals surface area contributed by atoms with Gasteiger partial charge in [0, 0.05) is 47.2 Å². The van der Waals surface area contributed by atoms with Crippen LogP contribution in [0.15, 0.2) is 30.6 Å². The van der Waals surface area contributed by atoms with Crippen molar-refractivity contribution in [3.8, 4) is 11.3 Å². The SMILES string of the molecule is [2H]C([2H])([2H])c1nnn(C)c1-c1cnc2c3sc(C(C)(C)O)c(C)c3n(C(c3ncccc3F)C3CCOCC3)c2c1. The molecule has 1 aliphatic rings. The van der Waals surface area contributed by atoms with Crippen molar-refractivity contribution in [1.29, 1.82) is 0 Å². The number of pyridine rings is 2. The smallest absolute Gasteiger partial charge is 0.146 e. The molecule has 10 heteroatoms. The molecule has 38 heavy (non-hydrogen) atoms. The second-order valence-corrected chi connectivity index (χ2v) is 11.5. The summed E-state index contributed by atoms with van der Waals surface area (Å²) < 4.78 is 49.7. The summed E-state index contributed by atoms with van der Waals surface area (Å²) in [5.74, 6) is -0.393. The first-order valence-corrected chi connectivity index (χ1v) is 13.4. The molecule has 5 aromatic rings. The van der Waals surface area contributed by atoms with Crippen molar-refractivity contribution in [3.63, 3.8) is 0 Å². The highest BCUT2D eigenvalue weighted by atomic mass is 32.1. The molecule has 198 valence electrons. The Labute approximate surface area is 228 Å². The van der Waals surface area contributed by atoms with E-state index in [0.29, 0.717) is 54.0 Å². The molecule has 0 radical (unpaired) electrons. The molecule has 1 aliphatic heterocycles. The van der Waals surface area contributed by atoms with Gasteiger partial charge in [-0.15, -0.1) is 16.4 Å². The van der Waals surface area contributed by atoms with Gasteiger partial charge >= 0.3 is 0 Å². The first kappa shape index (κ1) is 21.7. The third-order valence-corrected chi connectivity index (χ3v) is 9.01. The number of nitrogens with zero attached hydrogens (tertiary/aromatic N) is 6. The molecule has 0 saturated carbocycles. The number of thiophene rings is 1. The van der Waals surface area contributed by atoms with Crippen LogP contribution in [-0.4, -0.2) is 47.8 Å². The molecule has 0 spiro atoms. The molecular weight excluding hydrogens is 503 g/mol. The Morgan fingerprint density at radius 1 is 1.29 bits per heavy atom. The Hall–Kier alpha value is -3.21. The number of aliphatic hydroxyl groups is 1. The summed E-state index contributed by atoms with van der Waals surface area (Å²) in [6.45, 7) is 4.12. The largest absolute Gasteiger partial charge is 0.385 e. The van der Waals surface area contributed by atoms with Gasteiger partial charge in [0.2, 0.25) is 0 Å². The van der Waals surface area contributed by atoms with Crippen molar-refractivity contribution < 1.29 is 18.3 Å². The fourth-order valence-corrected chi connectivity index (χ4v) is 7.08. The van der Waals surface area contributed by atoms with Gasteiger partial charge in [0.1, 0.15) is 11.3 Å². The molecule has 6 heterocycles. The number of hydrogen-bond donors (Lipinski definition) is 1. The molecule has 5 aromatic heterocycles. The van der Waals surface area contributed by atoms with Gasteiger partial charge in [0.25, 0.3) is 0 Å². The maximum absolute atomic E-state index is 15.6. The van der Waals surface area contributed by atoms with Crippen LogP contribution in [0.5, 0.6) is 0 Å². The predicted molar refractivity (Wildman–Crippen MR) is 146 cm³/mol. The molecule has 1 N–H and O–H groups in total. The number of fused-ring (bicyclic) bond motifs is 3. The second kappa shape index (κ2) is 9.21. The van der Waals surface area contributed by atoms with Gasteiger partial charge in [0.15, 0.2) is 0 Å². The van der Waals surface area contributed by atoms with Gasteiger partial charge in [-0.3, -0.25) is 9.97 Å². The van der Waals surface area contributed by atoms with Gasteiger partial charge in [0.05, 0.1) is 44.5 Å². The summed E-state index contributed by atoms with van der Waals surface area (Å²) in [5, 5.41) is 19.0. The minimum atomic E-state index is -2.47. The second-order valence-electron chi connectivity index (χ2n) is 10.4. The zero-order valence-electron chi connectivity index (χ0n) is 24.7. The zero-order valence-corrected chi connectivity index (χ0v) is 22.5. The van der Waals surface area contributed by atoms with E-state index in [1.807, 2.05) is 13.0 Å². The highest BCUT2D eigenvalue weighted by molar-refractivity contribution is 7.20. The van der Waals surface area contributed by atoms with Gasteiger partial charge < -0.3 is 14.4 Å². The van der Waals surface area contributed by atoms with E-state index in [1.54, 1.807) is 39.4 Å². The van der Waals surface area contributed by atoms with Crippen LogP contribution in [0.4, 0.5) is 4.39 Å². The van der Waals surface area contributed by atoms with E-state index in [4.69, 9.17) is 13.8 Å². The Morgan fingerprint density at radius 2 is 2.08 bits per heavy atom. The van der Waals surface area contributed by atoms with E-state index >= 15 is 4.39 Å². The van der Waals surface area contributed by atoms with Gasteiger partial charge in [-0.1, -0.05) is 5.21 Å². The van der Waals surface area contributed by atoms with Crippen molar-refractivity contribution in [2.75, 3.05) is 13.2 Å². The lowest BCUT2D eigenvalue weighted by molar-refractivity contribution is 0.0542. The van der Waals surface area contributed by atoms with E-state index in [2.05, 4.69) is 19.9 Å². The fraction of sp³-hybridized carbons (Fsp3) is 0.429. The fourth-order valence-electron chi connectivity index (χ4n) is 5.77. The minimum absolute atomic E-state index is 0.0109. The molecule has 0 aliphatic carbocycles.